The van der Waals surface area contributed by atoms with E-state index in [1.807, 2.05) is 18.8 Å². The van der Waals surface area contributed by atoms with E-state index in [-0.39, 0.29) is 0 Å². The van der Waals surface area contributed by atoms with Gasteiger partial charge in [0.15, 0.2) is 0 Å². The molecule has 0 amide bonds. The third kappa shape index (κ3) is 5.77. The number of hydrogen-bond acceptors (Lipinski definition) is 2. The minimum Gasteiger partial charge on any atom is -0.312 e. The molecular formula is C16H31N3. The summed E-state index contributed by atoms with van der Waals surface area (Å²) in [6.45, 7) is 4.33. The molecule has 3 heteroatoms. The van der Waals surface area contributed by atoms with Gasteiger partial charge < -0.3 is 5.32 Å². The van der Waals surface area contributed by atoms with Crippen LogP contribution in [0.1, 0.15) is 75.7 Å². The first-order valence-electron chi connectivity index (χ1n) is 7.86. The van der Waals surface area contributed by atoms with Crippen LogP contribution >= 0.6 is 0 Å². The lowest BCUT2D eigenvalue weighted by Gasteiger charge is -2.16. The van der Waals surface area contributed by atoms with E-state index in [1.165, 1.54) is 57.1 Å². The smallest absolute Gasteiger partial charge is 0.0597 e. The molecule has 1 aromatic rings. The number of nitrogens with zero attached hydrogens (tertiary/aromatic N) is 2. The molecule has 0 aliphatic rings. The Morgan fingerprint density at radius 1 is 1.16 bits per heavy atom. The molecule has 0 aromatic carbocycles. The van der Waals surface area contributed by atoms with Crippen molar-refractivity contribution in [3.05, 3.63) is 17.5 Å². The topological polar surface area (TPSA) is 29.9 Å². The van der Waals surface area contributed by atoms with Crippen molar-refractivity contribution < 1.29 is 0 Å². The number of aryl methyl sites for hydroxylation is 2. The molecule has 1 rings (SSSR count). The monoisotopic (exact) mass is 265 g/mol. The van der Waals surface area contributed by atoms with Crippen molar-refractivity contribution in [3.8, 4) is 0 Å². The molecule has 1 atom stereocenters. The van der Waals surface area contributed by atoms with Crippen LogP contribution in [0.4, 0.5) is 0 Å². The summed E-state index contributed by atoms with van der Waals surface area (Å²) in [5, 5.41) is 7.86. The minimum atomic E-state index is 0.446. The highest BCUT2D eigenvalue weighted by Crippen LogP contribution is 2.20. The number of rotatable bonds is 10. The maximum absolute atomic E-state index is 4.43. The van der Waals surface area contributed by atoms with Gasteiger partial charge in [-0.3, -0.25) is 4.68 Å². The number of hydrogen-bond donors (Lipinski definition) is 1. The Balaban J connectivity index is 2.24. The van der Waals surface area contributed by atoms with Crippen LogP contribution in [0.15, 0.2) is 6.07 Å². The third-order valence-corrected chi connectivity index (χ3v) is 3.84. The van der Waals surface area contributed by atoms with Gasteiger partial charge in [-0.2, -0.15) is 5.10 Å². The number of aromatic nitrogens is 2. The fraction of sp³-hybridized carbons (Fsp3) is 0.812. The zero-order valence-corrected chi connectivity index (χ0v) is 13.2. The van der Waals surface area contributed by atoms with Gasteiger partial charge in [-0.15, -0.1) is 0 Å². The summed E-state index contributed by atoms with van der Waals surface area (Å²) in [6.07, 6.45) is 10.8. The summed E-state index contributed by atoms with van der Waals surface area (Å²) >= 11 is 0. The lowest BCUT2D eigenvalue weighted by atomic mass is 10.0. The second-order valence-electron chi connectivity index (χ2n) is 5.59. The summed E-state index contributed by atoms with van der Waals surface area (Å²) in [5.41, 5.74) is 2.42. The Hall–Kier alpha value is -0.830. The molecule has 19 heavy (non-hydrogen) atoms. The van der Waals surface area contributed by atoms with Crippen molar-refractivity contribution in [2.75, 3.05) is 7.05 Å². The predicted octanol–water partition coefficient (Wildman–Crippen LogP) is 4.13. The van der Waals surface area contributed by atoms with E-state index in [1.54, 1.807) is 0 Å². The Bertz CT molecular complexity index is 344. The fourth-order valence-electron chi connectivity index (χ4n) is 2.70. The van der Waals surface area contributed by atoms with Crippen molar-refractivity contribution >= 4 is 0 Å². The van der Waals surface area contributed by atoms with Gasteiger partial charge in [-0.25, -0.2) is 0 Å². The fourth-order valence-corrected chi connectivity index (χ4v) is 2.70. The van der Waals surface area contributed by atoms with E-state index >= 15 is 0 Å². The maximum atomic E-state index is 4.43. The second-order valence-corrected chi connectivity index (χ2v) is 5.59. The van der Waals surface area contributed by atoms with E-state index in [0.717, 1.165) is 5.69 Å². The summed E-state index contributed by atoms with van der Waals surface area (Å²) in [4.78, 5) is 0. The first kappa shape index (κ1) is 16.2. The SMILES string of the molecule is CCCCCCCCCC(NC)c1cc(C)nn1C. The Morgan fingerprint density at radius 3 is 2.32 bits per heavy atom. The molecule has 0 saturated carbocycles. The first-order chi connectivity index (χ1) is 9.19. The highest BCUT2D eigenvalue weighted by atomic mass is 15.3. The van der Waals surface area contributed by atoms with Crippen molar-refractivity contribution in [1.29, 1.82) is 0 Å². The third-order valence-electron chi connectivity index (χ3n) is 3.84. The van der Waals surface area contributed by atoms with Gasteiger partial charge in [-0.1, -0.05) is 51.9 Å². The van der Waals surface area contributed by atoms with Gasteiger partial charge in [0.1, 0.15) is 0 Å². The minimum absolute atomic E-state index is 0.446. The number of nitrogens with one attached hydrogen (secondary N) is 1. The van der Waals surface area contributed by atoms with Crippen LogP contribution < -0.4 is 5.32 Å². The van der Waals surface area contributed by atoms with E-state index in [9.17, 15) is 0 Å². The molecule has 1 unspecified atom stereocenters. The van der Waals surface area contributed by atoms with Crippen LogP contribution in [0, 0.1) is 6.92 Å². The highest BCUT2D eigenvalue weighted by molar-refractivity contribution is 5.12. The van der Waals surface area contributed by atoms with E-state index < -0.39 is 0 Å². The van der Waals surface area contributed by atoms with Crippen molar-refractivity contribution in [3.63, 3.8) is 0 Å². The van der Waals surface area contributed by atoms with E-state index in [0.29, 0.717) is 6.04 Å². The van der Waals surface area contributed by atoms with Crippen LogP contribution in [-0.4, -0.2) is 16.8 Å². The lowest BCUT2D eigenvalue weighted by molar-refractivity contribution is 0.470. The summed E-state index contributed by atoms with van der Waals surface area (Å²) < 4.78 is 2.01. The van der Waals surface area contributed by atoms with Crippen molar-refractivity contribution in [2.24, 2.45) is 7.05 Å². The largest absolute Gasteiger partial charge is 0.312 e. The molecule has 1 heterocycles. The Morgan fingerprint density at radius 2 is 1.79 bits per heavy atom. The van der Waals surface area contributed by atoms with Gasteiger partial charge in [-0.05, 0) is 26.5 Å². The predicted molar refractivity (Wildman–Crippen MR) is 82.4 cm³/mol. The van der Waals surface area contributed by atoms with E-state index in [4.69, 9.17) is 0 Å². The van der Waals surface area contributed by atoms with Gasteiger partial charge in [0, 0.05) is 13.1 Å². The first-order valence-corrected chi connectivity index (χ1v) is 7.86. The summed E-state index contributed by atoms with van der Waals surface area (Å²) in [6, 6.07) is 2.64. The average Bonchev–Trinajstić information content (AvgIpc) is 2.72. The maximum Gasteiger partial charge on any atom is 0.0597 e. The summed E-state index contributed by atoms with van der Waals surface area (Å²) in [5.74, 6) is 0. The Labute approximate surface area is 118 Å². The molecule has 0 fully saturated rings. The van der Waals surface area contributed by atoms with Crippen molar-refractivity contribution in [2.45, 2.75) is 71.3 Å². The molecular weight excluding hydrogens is 234 g/mol. The van der Waals surface area contributed by atoms with Crippen LogP contribution in [0.5, 0.6) is 0 Å². The quantitative estimate of drug-likeness (QED) is 0.645. The van der Waals surface area contributed by atoms with Gasteiger partial charge >= 0.3 is 0 Å². The summed E-state index contributed by atoms with van der Waals surface area (Å²) in [7, 11) is 4.09. The molecule has 0 spiro atoms. The highest BCUT2D eigenvalue weighted by Gasteiger charge is 2.13. The lowest BCUT2D eigenvalue weighted by Crippen LogP contribution is -2.19. The van der Waals surface area contributed by atoms with Crippen molar-refractivity contribution in [1.82, 2.24) is 15.1 Å². The molecule has 3 nitrogen and oxygen atoms in total. The molecule has 0 aliphatic carbocycles. The molecule has 1 N–H and O–H groups in total. The van der Waals surface area contributed by atoms with Crippen LogP contribution in [0.2, 0.25) is 0 Å². The molecule has 0 bridgehead atoms. The normalized spacial score (nSPS) is 12.8. The molecule has 0 saturated heterocycles. The molecule has 0 aliphatic heterocycles. The van der Waals surface area contributed by atoms with Gasteiger partial charge in [0.2, 0.25) is 0 Å². The van der Waals surface area contributed by atoms with Gasteiger partial charge in [0.05, 0.1) is 11.4 Å². The zero-order valence-electron chi connectivity index (χ0n) is 13.2. The molecule has 0 radical (unpaired) electrons. The van der Waals surface area contributed by atoms with Crippen LogP contribution in [-0.2, 0) is 7.05 Å². The van der Waals surface area contributed by atoms with Crippen LogP contribution in [0.25, 0.3) is 0 Å². The average molecular weight is 265 g/mol. The Kier molecular flexibility index (Phi) is 7.80. The number of unbranched alkanes of at least 4 members (excludes halogenated alkanes) is 6. The standard InChI is InChI=1S/C16H31N3/c1-5-6-7-8-9-10-11-12-15(17-3)16-13-14(2)18-19(16)4/h13,15,17H,5-12H2,1-4H3. The second kappa shape index (κ2) is 9.13. The molecule has 110 valence electrons. The molecule has 1 aromatic heterocycles. The van der Waals surface area contributed by atoms with Gasteiger partial charge in [0.25, 0.3) is 0 Å². The zero-order chi connectivity index (χ0) is 14.1. The van der Waals surface area contributed by atoms with E-state index in [2.05, 4.69) is 30.3 Å². The van der Waals surface area contributed by atoms with Crippen LogP contribution in [0.3, 0.4) is 0 Å².